The highest BCUT2D eigenvalue weighted by atomic mass is 16.6. The molecule has 0 atom stereocenters. The molecule has 3 aromatic rings. The molecule has 1 saturated heterocycles. The second-order valence-electron chi connectivity index (χ2n) is 13.0. The molecule has 0 bridgehead atoms. The van der Waals surface area contributed by atoms with Crippen LogP contribution in [0.3, 0.4) is 0 Å². The van der Waals surface area contributed by atoms with Crippen LogP contribution < -0.4 is 10.1 Å². The third kappa shape index (κ3) is 9.01. The first-order valence-corrected chi connectivity index (χ1v) is 14.8. The summed E-state index contributed by atoms with van der Waals surface area (Å²) in [4.78, 5) is 35.5. The Balaban J connectivity index is 1.52. The minimum atomic E-state index is -0.795. The number of rotatable bonds is 4. The maximum atomic E-state index is 12.6. The van der Waals surface area contributed by atoms with Gasteiger partial charge in [-0.3, -0.25) is 5.32 Å². The quantitative estimate of drug-likeness (QED) is 0.261. The van der Waals surface area contributed by atoms with Gasteiger partial charge in [0.2, 0.25) is 11.8 Å². The third-order valence-corrected chi connectivity index (χ3v) is 6.60. The first-order valence-electron chi connectivity index (χ1n) is 14.8. The van der Waals surface area contributed by atoms with Gasteiger partial charge in [-0.25, -0.2) is 19.3 Å². The number of amides is 2. The van der Waals surface area contributed by atoms with E-state index in [-0.39, 0.29) is 12.0 Å². The Kier molecular flexibility index (Phi) is 9.60. The van der Waals surface area contributed by atoms with Crippen LogP contribution in [0.25, 0.3) is 11.3 Å². The zero-order valence-corrected chi connectivity index (χ0v) is 27.1. The van der Waals surface area contributed by atoms with Gasteiger partial charge in [0, 0.05) is 30.9 Å². The van der Waals surface area contributed by atoms with E-state index in [1.807, 2.05) is 54.6 Å². The summed E-state index contributed by atoms with van der Waals surface area (Å²) in [6.07, 6.45) is 1.55. The molecular weight excluding hydrogens is 562 g/mol. The summed E-state index contributed by atoms with van der Waals surface area (Å²) in [5, 5.41) is 11.5. The Morgan fingerprint density at radius 3 is 2.18 bits per heavy atom. The first kappa shape index (κ1) is 32.4. The molecule has 1 aliphatic heterocycles. The van der Waals surface area contributed by atoms with Crippen LogP contribution in [0.2, 0.25) is 0 Å². The van der Waals surface area contributed by atoms with Gasteiger partial charge in [0.15, 0.2) is 0 Å². The molecule has 12 nitrogen and oxygen atoms in total. The van der Waals surface area contributed by atoms with Crippen molar-refractivity contribution in [2.75, 3.05) is 13.1 Å². The van der Waals surface area contributed by atoms with Crippen LogP contribution >= 0.6 is 0 Å². The Morgan fingerprint density at radius 1 is 0.932 bits per heavy atom. The zero-order valence-electron chi connectivity index (χ0n) is 27.1. The minimum Gasteiger partial charge on any atom is -0.444 e. The Morgan fingerprint density at radius 2 is 1.57 bits per heavy atom. The van der Waals surface area contributed by atoms with Crippen molar-refractivity contribution in [2.24, 2.45) is 4.99 Å². The number of alkyl carbamates (subject to hydrolysis) is 1. The first-order chi connectivity index (χ1) is 20.6. The second kappa shape index (κ2) is 13.0. The van der Waals surface area contributed by atoms with Crippen molar-refractivity contribution in [1.82, 2.24) is 30.2 Å². The number of piperidine rings is 1. The molecule has 0 aliphatic carbocycles. The molecule has 0 saturated carbocycles. The predicted octanol–water partition coefficient (Wildman–Crippen LogP) is 6.51. The maximum absolute atomic E-state index is 12.6. The number of carbonyl (C=O) groups is 2. The molecule has 2 aromatic heterocycles. The number of carbonyl (C=O) groups excluding carboxylic acids is 2. The molecule has 3 heterocycles. The maximum Gasteiger partial charge on any atom is 0.437 e. The van der Waals surface area contributed by atoms with E-state index in [9.17, 15) is 9.59 Å². The van der Waals surface area contributed by atoms with E-state index in [2.05, 4.69) is 31.7 Å². The number of nitrogens with zero attached hydrogens (tertiary/aromatic N) is 6. The zero-order chi connectivity index (χ0) is 32.2. The minimum absolute atomic E-state index is 0.0173. The molecule has 12 heteroatoms. The standard InChI is InChI=1S/C32H43N7O5/c1-20-16-21(2)18-25(17-20)42-26-19-23(10-13-33-26)27-22(3)36-37-39(27)24-11-14-38(15-12-24)28(34-29(40)43-31(4,5)6)35-30(41)44-32(7,8)9/h10,13,16-19,24H,11-12,14-15H2,1-9H3,(H,34,35,40,41). The van der Waals surface area contributed by atoms with Crippen LogP contribution in [0.15, 0.2) is 41.5 Å². The molecule has 4 rings (SSSR count). The SMILES string of the molecule is Cc1cc(C)cc(Oc2cc(-c3c(C)nnn3C3CCN(C(=NC(=O)OC(C)(C)C)NC(=O)OC(C)(C)C)CC3)ccn2)c1. The predicted molar refractivity (Wildman–Crippen MR) is 167 cm³/mol. The Bertz CT molecular complexity index is 1510. The highest BCUT2D eigenvalue weighted by Crippen LogP contribution is 2.32. The van der Waals surface area contributed by atoms with Crippen molar-refractivity contribution in [2.45, 2.75) is 92.4 Å². The summed E-state index contributed by atoms with van der Waals surface area (Å²) in [6, 6.07) is 9.88. The van der Waals surface area contributed by atoms with Crippen LogP contribution in [-0.2, 0) is 9.47 Å². The van der Waals surface area contributed by atoms with Gasteiger partial charge in [0.25, 0.3) is 0 Å². The number of aromatic nitrogens is 4. The lowest BCUT2D eigenvalue weighted by molar-refractivity contribution is 0.0552. The summed E-state index contributed by atoms with van der Waals surface area (Å²) in [7, 11) is 0. The summed E-state index contributed by atoms with van der Waals surface area (Å²) in [5.41, 5.74) is 3.33. The van der Waals surface area contributed by atoms with Gasteiger partial charge >= 0.3 is 12.2 Å². The van der Waals surface area contributed by atoms with Crippen molar-refractivity contribution < 1.29 is 23.8 Å². The molecule has 44 heavy (non-hydrogen) atoms. The number of pyridine rings is 1. The number of guanidine groups is 1. The number of benzene rings is 1. The number of aliphatic imine (C=N–C) groups is 1. The number of aryl methyl sites for hydroxylation is 3. The Labute approximate surface area is 258 Å². The van der Waals surface area contributed by atoms with E-state index < -0.39 is 23.4 Å². The van der Waals surface area contributed by atoms with E-state index in [0.717, 1.165) is 33.8 Å². The van der Waals surface area contributed by atoms with E-state index in [1.54, 1.807) is 47.7 Å². The summed E-state index contributed by atoms with van der Waals surface area (Å²) in [5.74, 6) is 1.29. The lowest BCUT2D eigenvalue weighted by atomic mass is 10.0. The van der Waals surface area contributed by atoms with Gasteiger partial charge in [-0.2, -0.15) is 0 Å². The third-order valence-electron chi connectivity index (χ3n) is 6.60. The summed E-state index contributed by atoms with van der Waals surface area (Å²) in [6.45, 7) is 17.5. The van der Waals surface area contributed by atoms with Gasteiger partial charge in [-0.05, 0) is 104 Å². The van der Waals surface area contributed by atoms with Crippen LogP contribution in [0.4, 0.5) is 9.59 Å². The molecule has 1 aliphatic rings. The number of likely N-dealkylation sites (tertiary alicyclic amines) is 1. The van der Waals surface area contributed by atoms with Crippen molar-refractivity contribution >= 4 is 18.1 Å². The van der Waals surface area contributed by atoms with Crippen molar-refractivity contribution in [3.8, 4) is 22.9 Å². The molecule has 236 valence electrons. The van der Waals surface area contributed by atoms with Crippen LogP contribution in [0.5, 0.6) is 11.6 Å². The molecule has 0 spiro atoms. The smallest absolute Gasteiger partial charge is 0.437 e. The Hall–Kier alpha value is -4.48. The van der Waals surface area contributed by atoms with Gasteiger partial charge < -0.3 is 19.1 Å². The van der Waals surface area contributed by atoms with E-state index in [1.165, 1.54) is 0 Å². The van der Waals surface area contributed by atoms with Crippen molar-refractivity contribution in [1.29, 1.82) is 0 Å². The highest BCUT2D eigenvalue weighted by Gasteiger charge is 2.29. The number of ether oxygens (including phenoxy) is 3. The lowest BCUT2D eigenvalue weighted by Crippen LogP contribution is -2.49. The summed E-state index contributed by atoms with van der Waals surface area (Å²) < 4.78 is 18.8. The molecule has 1 fully saturated rings. The fourth-order valence-electron chi connectivity index (χ4n) is 4.96. The number of hydrogen-bond donors (Lipinski definition) is 1. The molecule has 0 unspecified atom stereocenters. The molecule has 0 radical (unpaired) electrons. The molecular formula is C32H43N7O5. The second-order valence-corrected chi connectivity index (χ2v) is 13.0. The number of nitrogens with one attached hydrogen (secondary N) is 1. The topological polar surface area (TPSA) is 133 Å². The van der Waals surface area contributed by atoms with E-state index in [0.29, 0.717) is 31.8 Å². The van der Waals surface area contributed by atoms with E-state index >= 15 is 0 Å². The monoisotopic (exact) mass is 605 g/mol. The normalized spacial score (nSPS) is 14.8. The fourth-order valence-corrected chi connectivity index (χ4v) is 4.96. The van der Waals surface area contributed by atoms with Gasteiger partial charge in [-0.1, -0.05) is 11.3 Å². The lowest BCUT2D eigenvalue weighted by Gasteiger charge is -2.34. The summed E-state index contributed by atoms with van der Waals surface area (Å²) >= 11 is 0. The highest BCUT2D eigenvalue weighted by molar-refractivity contribution is 5.99. The number of hydrogen-bond acceptors (Lipinski definition) is 8. The van der Waals surface area contributed by atoms with Crippen molar-refractivity contribution in [3.05, 3.63) is 53.3 Å². The van der Waals surface area contributed by atoms with Crippen molar-refractivity contribution in [3.63, 3.8) is 0 Å². The van der Waals surface area contributed by atoms with Crippen LogP contribution in [0.1, 0.15) is 77.2 Å². The average molecular weight is 606 g/mol. The molecule has 2 amide bonds. The van der Waals surface area contributed by atoms with Gasteiger partial charge in [-0.15, -0.1) is 10.1 Å². The largest absolute Gasteiger partial charge is 0.444 e. The van der Waals surface area contributed by atoms with Gasteiger partial charge in [0.05, 0.1) is 17.4 Å². The average Bonchev–Trinajstić information content (AvgIpc) is 3.27. The fraction of sp³-hybridized carbons (Fsp3) is 0.500. The van der Waals surface area contributed by atoms with E-state index in [4.69, 9.17) is 14.2 Å². The molecule has 1 aromatic carbocycles. The molecule has 1 N–H and O–H groups in total. The van der Waals surface area contributed by atoms with Gasteiger partial charge in [0.1, 0.15) is 17.0 Å². The van der Waals surface area contributed by atoms with Crippen LogP contribution in [-0.4, -0.2) is 67.3 Å². The van der Waals surface area contributed by atoms with Crippen LogP contribution in [0, 0.1) is 20.8 Å².